The molecule has 4 rings (SSSR count). The first-order valence-electron chi connectivity index (χ1n) is 10.0. The molecule has 0 amide bonds. The minimum absolute atomic E-state index is 0.0277. The molecule has 0 saturated carbocycles. The van der Waals surface area contributed by atoms with Crippen molar-refractivity contribution in [2.24, 2.45) is 13.0 Å². The number of hydrogen-bond donors (Lipinski definition) is 1. The van der Waals surface area contributed by atoms with Crippen molar-refractivity contribution in [3.63, 3.8) is 0 Å². The van der Waals surface area contributed by atoms with Crippen molar-refractivity contribution in [1.29, 1.82) is 0 Å². The summed E-state index contributed by atoms with van der Waals surface area (Å²) in [6.07, 6.45) is 1.14. The lowest BCUT2D eigenvalue weighted by Crippen LogP contribution is -2.34. The number of alkyl halides is 3. The number of ether oxygens (including phenoxy) is 1. The van der Waals surface area contributed by atoms with E-state index in [1.54, 1.807) is 7.05 Å². The summed E-state index contributed by atoms with van der Waals surface area (Å²) in [7, 11) is -2.35. The molecule has 2 fully saturated rings. The van der Waals surface area contributed by atoms with Crippen LogP contribution in [0.3, 0.4) is 0 Å². The highest BCUT2D eigenvalue weighted by Crippen LogP contribution is 2.46. The van der Waals surface area contributed by atoms with E-state index in [1.807, 2.05) is 0 Å². The summed E-state index contributed by atoms with van der Waals surface area (Å²) in [4.78, 5) is 7.81. The van der Waals surface area contributed by atoms with Crippen LogP contribution >= 0.6 is 0 Å². The molecule has 12 heteroatoms. The van der Waals surface area contributed by atoms with Crippen LogP contribution in [0, 0.1) is 5.92 Å². The maximum atomic E-state index is 13.8. The van der Waals surface area contributed by atoms with E-state index < -0.39 is 33.6 Å². The van der Waals surface area contributed by atoms with E-state index >= 15 is 0 Å². The highest BCUT2D eigenvalue weighted by Gasteiger charge is 2.48. The number of aryl methyl sites for hydroxylation is 1. The molecule has 2 aliphatic rings. The lowest BCUT2D eigenvalue weighted by atomic mass is 9.81. The van der Waals surface area contributed by atoms with Crippen LogP contribution in [0.5, 0.6) is 0 Å². The fourth-order valence-corrected chi connectivity index (χ4v) is 6.02. The Morgan fingerprint density at radius 1 is 1.23 bits per heavy atom. The van der Waals surface area contributed by atoms with Crippen LogP contribution in [0.15, 0.2) is 29.8 Å². The summed E-state index contributed by atoms with van der Waals surface area (Å²) in [5, 5.41) is -0.144. The van der Waals surface area contributed by atoms with Gasteiger partial charge in [-0.1, -0.05) is 0 Å². The van der Waals surface area contributed by atoms with Gasteiger partial charge in [0.2, 0.25) is 0 Å². The molecule has 2 aliphatic heterocycles. The molecule has 0 bridgehead atoms. The molecule has 0 spiro atoms. The first-order chi connectivity index (χ1) is 14.6. The van der Waals surface area contributed by atoms with Crippen LogP contribution in [0.4, 0.5) is 19.0 Å². The van der Waals surface area contributed by atoms with E-state index in [0.29, 0.717) is 13.0 Å². The van der Waals surface area contributed by atoms with Gasteiger partial charge in [0.1, 0.15) is 5.82 Å². The van der Waals surface area contributed by atoms with E-state index in [4.69, 9.17) is 10.5 Å². The Kier molecular flexibility index (Phi) is 5.73. The Morgan fingerprint density at radius 3 is 2.61 bits per heavy atom. The second-order valence-electron chi connectivity index (χ2n) is 8.03. The van der Waals surface area contributed by atoms with Crippen LogP contribution < -0.4 is 5.73 Å². The lowest BCUT2D eigenvalue weighted by molar-refractivity contribution is -0.138. The van der Waals surface area contributed by atoms with Crippen molar-refractivity contribution in [3.05, 3.63) is 35.9 Å². The fourth-order valence-electron chi connectivity index (χ4n) is 4.55. The minimum atomic E-state index is -4.64. The van der Waals surface area contributed by atoms with Gasteiger partial charge in [-0.05, 0) is 25.3 Å². The van der Waals surface area contributed by atoms with E-state index in [0.717, 1.165) is 25.1 Å². The van der Waals surface area contributed by atoms with Gasteiger partial charge in [-0.25, -0.2) is 18.4 Å². The van der Waals surface area contributed by atoms with E-state index in [-0.39, 0.29) is 35.6 Å². The number of rotatable bonds is 4. The van der Waals surface area contributed by atoms with Crippen molar-refractivity contribution in [3.8, 4) is 0 Å². The zero-order chi connectivity index (χ0) is 22.4. The number of halogens is 3. The van der Waals surface area contributed by atoms with Crippen molar-refractivity contribution in [2.75, 3.05) is 25.4 Å². The molecule has 170 valence electrons. The summed E-state index contributed by atoms with van der Waals surface area (Å²) < 4.78 is 76.3. The van der Waals surface area contributed by atoms with Gasteiger partial charge in [0.05, 0.1) is 18.0 Å². The molecule has 2 saturated heterocycles. The maximum absolute atomic E-state index is 13.8. The highest BCUT2D eigenvalue weighted by atomic mass is 32.2. The Labute approximate surface area is 178 Å². The first kappa shape index (κ1) is 22.0. The van der Waals surface area contributed by atoms with Gasteiger partial charge in [0.25, 0.3) is 10.0 Å². The number of anilines is 1. The third-order valence-corrected chi connectivity index (χ3v) is 7.72. The van der Waals surface area contributed by atoms with Crippen molar-refractivity contribution in [2.45, 2.75) is 42.5 Å². The SMILES string of the molecule is Cn1cnc(S(=O)(=O)N2CC(c3c(C(F)(F)F)ccnc3N)C(C3CCCCO3)C2)c1. The third-order valence-electron chi connectivity index (χ3n) is 6.01. The molecule has 0 aromatic carbocycles. The molecule has 0 aliphatic carbocycles. The molecular weight excluding hydrogens is 435 g/mol. The van der Waals surface area contributed by atoms with Crippen LogP contribution in [-0.4, -0.2) is 53.1 Å². The number of nitrogens with zero attached hydrogens (tertiary/aromatic N) is 4. The molecular formula is C19H24F3N5O3S. The molecule has 2 aromatic heterocycles. The minimum Gasteiger partial charge on any atom is -0.383 e. The summed E-state index contributed by atoms with van der Waals surface area (Å²) >= 11 is 0. The first-order valence-corrected chi connectivity index (χ1v) is 11.4. The number of hydrogen-bond acceptors (Lipinski definition) is 6. The van der Waals surface area contributed by atoms with E-state index in [9.17, 15) is 21.6 Å². The van der Waals surface area contributed by atoms with Gasteiger partial charge >= 0.3 is 6.18 Å². The smallest absolute Gasteiger partial charge is 0.383 e. The Hall–Kier alpha value is -2.18. The van der Waals surface area contributed by atoms with Crippen LogP contribution in [-0.2, 0) is 28.0 Å². The molecule has 31 heavy (non-hydrogen) atoms. The maximum Gasteiger partial charge on any atom is 0.416 e. The van der Waals surface area contributed by atoms with Crippen LogP contribution in [0.25, 0.3) is 0 Å². The quantitative estimate of drug-likeness (QED) is 0.753. The van der Waals surface area contributed by atoms with Crippen LogP contribution in [0.2, 0.25) is 0 Å². The number of imidazole rings is 1. The lowest BCUT2D eigenvalue weighted by Gasteiger charge is -2.32. The van der Waals surface area contributed by atoms with Gasteiger partial charge in [0, 0.05) is 56.5 Å². The number of aromatic nitrogens is 3. The average molecular weight is 459 g/mol. The van der Waals surface area contributed by atoms with Gasteiger partial charge in [-0.15, -0.1) is 0 Å². The normalized spacial score (nSPS) is 25.7. The number of nitrogens with two attached hydrogens (primary N) is 1. The second-order valence-corrected chi connectivity index (χ2v) is 9.91. The summed E-state index contributed by atoms with van der Waals surface area (Å²) in [6, 6.07) is 0.889. The molecule has 2 N–H and O–H groups in total. The van der Waals surface area contributed by atoms with Gasteiger partial charge in [0.15, 0.2) is 5.03 Å². The van der Waals surface area contributed by atoms with Crippen molar-refractivity contribution in [1.82, 2.24) is 18.8 Å². The van der Waals surface area contributed by atoms with Gasteiger partial charge in [-0.3, -0.25) is 0 Å². The number of nitrogen functional groups attached to an aromatic ring is 1. The Bertz CT molecular complexity index is 1050. The highest BCUT2D eigenvalue weighted by molar-refractivity contribution is 7.89. The third kappa shape index (κ3) is 4.15. The Morgan fingerprint density at radius 2 is 2.00 bits per heavy atom. The molecule has 4 heterocycles. The fraction of sp³-hybridized carbons (Fsp3) is 0.579. The van der Waals surface area contributed by atoms with Crippen LogP contribution in [0.1, 0.15) is 36.3 Å². The molecule has 3 atom stereocenters. The molecule has 0 radical (unpaired) electrons. The number of sulfonamides is 1. The van der Waals surface area contributed by atoms with E-state index in [2.05, 4.69) is 9.97 Å². The zero-order valence-corrected chi connectivity index (χ0v) is 17.7. The average Bonchev–Trinajstić information content (AvgIpc) is 3.35. The summed E-state index contributed by atoms with van der Waals surface area (Å²) in [5.74, 6) is -1.52. The van der Waals surface area contributed by atoms with E-state index in [1.165, 1.54) is 21.4 Å². The second kappa shape index (κ2) is 8.06. The monoisotopic (exact) mass is 459 g/mol. The molecule has 3 unspecified atom stereocenters. The number of pyridine rings is 1. The Balaban J connectivity index is 1.77. The van der Waals surface area contributed by atoms with Gasteiger partial charge in [-0.2, -0.15) is 17.5 Å². The predicted molar refractivity (Wildman–Crippen MR) is 105 cm³/mol. The largest absolute Gasteiger partial charge is 0.416 e. The predicted octanol–water partition coefficient (Wildman–Crippen LogP) is 2.39. The van der Waals surface area contributed by atoms with Crippen molar-refractivity contribution >= 4 is 15.8 Å². The zero-order valence-electron chi connectivity index (χ0n) is 16.9. The topological polar surface area (TPSA) is 103 Å². The standard InChI is InChI=1S/C19H24F3N5O3S/c1-26-10-16(25-11-26)31(28,29)27-8-12(15-4-2-3-7-30-15)13(9-27)17-14(19(20,21)22)5-6-24-18(17)23/h5-6,10-13,15H,2-4,7-9H2,1H3,(H2,23,24). The molecule has 2 aromatic rings. The molecule has 8 nitrogen and oxygen atoms in total. The van der Waals surface area contributed by atoms with Gasteiger partial charge < -0.3 is 15.0 Å². The summed E-state index contributed by atoms with van der Waals surface area (Å²) in [5.41, 5.74) is 4.88. The van der Waals surface area contributed by atoms with Crippen molar-refractivity contribution < 1.29 is 26.3 Å². The summed E-state index contributed by atoms with van der Waals surface area (Å²) in [6.45, 7) is 0.373.